The van der Waals surface area contributed by atoms with E-state index in [1.807, 2.05) is 76.2 Å². The van der Waals surface area contributed by atoms with Crippen LogP contribution >= 0.6 is 0 Å². The molecule has 0 saturated carbocycles. The van der Waals surface area contributed by atoms with Crippen molar-refractivity contribution in [1.82, 2.24) is 14.8 Å². The van der Waals surface area contributed by atoms with Crippen molar-refractivity contribution in [2.45, 2.75) is 128 Å². The second kappa shape index (κ2) is 17.0. The number of amides is 1. The maximum Gasteiger partial charge on any atom is 0.410 e. The molecule has 1 amide bonds. The maximum absolute atomic E-state index is 16.4. The molecule has 2 bridgehead atoms. The number of hydrogen-bond acceptors (Lipinski definition) is 12. The van der Waals surface area contributed by atoms with E-state index in [2.05, 4.69) is 4.98 Å². The molecule has 3 saturated heterocycles. The van der Waals surface area contributed by atoms with Gasteiger partial charge in [-0.25, -0.2) is 9.59 Å². The van der Waals surface area contributed by atoms with Crippen molar-refractivity contribution in [3.05, 3.63) is 48.2 Å². The quantitative estimate of drug-likeness (QED) is 0.258. The Hall–Kier alpha value is -3.89. The molecule has 6 rings (SSSR count). The zero-order chi connectivity index (χ0) is 42.3. The average molecular weight is 813 g/mol. The first kappa shape index (κ1) is 43.7. The van der Waals surface area contributed by atoms with Gasteiger partial charge in [-0.2, -0.15) is 8.78 Å². The number of fused-ring (bicyclic) bond motifs is 2. The number of cyclic esters (lactones) is 1. The summed E-state index contributed by atoms with van der Waals surface area (Å²) >= 11 is 0. The number of carbonyl (C=O) groups is 3. The van der Waals surface area contributed by atoms with Crippen LogP contribution in [0.3, 0.4) is 0 Å². The molecule has 1 N–H and O–H groups in total. The number of nitrogens with zero attached hydrogens (tertiary/aromatic N) is 4. The minimum atomic E-state index is -4.64. The third-order valence-electron chi connectivity index (χ3n) is 12.5. The average Bonchev–Trinajstić information content (AvgIpc) is 3.30. The van der Waals surface area contributed by atoms with Crippen molar-refractivity contribution in [3.63, 3.8) is 0 Å². The minimum absolute atomic E-state index is 0.0248. The number of aliphatic hydroxyl groups is 1. The molecule has 58 heavy (non-hydrogen) atoms. The lowest BCUT2D eigenvalue weighted by Crippen LogP contribution is -2.61. The van der Waals surface area contributed by atoms with Crippen LogP contribution in [-0.4, -0.2) is 137 Å². The molecule has 1 aromatic heterocycles. The maximum atomic E-state index is 16.4. The molecule has 2 aromatic rings. The molecule has 3 fully saturated rings. The Morgan fingerprint density at radius 3 is 2.52 bits per heavy atom. The Bertz CT molecular complexity index is 1910. The minimum Gasteiger partial charge on any atom is -0.453 e. The first-order valence-corrected chi connectivity index (χ1v) is 20.3. The summed E-state index contributed by atoms with van der Waals surface area (Å²) in [5.74, 6) is -11.0. The van der Waals surface area contributed by atoms with Gasteiger partial charge in [-0.1, -0.05) is 58.0 Å². The number of aliphatic imine (C=N–C) groups is 1. The highest BCUT2D eigenvalue weighted by molar-refractivity contribution is 6.06. The molecule has 0 spiro atoms. The van der Waals surface area contributed by atoms with Gasteiger partial charge in [0.2, 0.25) is 5.78 Å². The number of esters is 1. The highest BCUT2D eigenvalue weighted by atomic mass is 19.3. The highest BCUT2D eigenvalue weighted by Crippen LogP contribution is 2.45. The number of likely N-dealkylation sites (N-methyl/N-ethyl adjacent to an activating group) is 1. The summed E-state index contributed by atoms with van der Waals surface area (Å²) in [7, 11) is 3.62. The van der Waals surface area contributed by atoms with Crippen molar-refractivity contribution in [2.75, 3.05) is 33.8 Å². The van der Waals surface area contributed by atoms with E-state index in [9.17, 15) is 19.5 Å². The Kier molecular flexibility index (Phi) is 12.8. The number of alkyl halides is 2. The van der Waals surface area contributed by atoms with Crippen LogP contribution in [0.4, 0.5) is 13.6 Å². The van der Waals surface area contributed by atoms with E-state index in [0.29, 0.717) is 6.42 Å². The van der Waals surface area contributed by atoms with E-state index in [-0.39, 0.29) is 32.5 Å². The summed E-state index contributed by atoms with van der Waals surface area (Å²) in [6.07, 6.45) is -0.518. The van der Waals surface area contributed by atoms with Crippen molar-refractivity contribution in [3.8, 4) is 0 Å². The number of ether oxygens (including phenoxy) is 5. The fourth-order valence-electron chi connectivity index (χ4n) is 9.67. The van der Waals surface area contributed by atoms with Crippen LogP contribution in [0.25, 0.3) is 17.0 Å². The predicted octanol–water partition coefficient (Wildman–Crippen LogP) is 5.71. The van der Waals surface area contributed by atoms with E-state index in [4.69, 9.17) is 28.7 Å². The van der Waals surface area contributed by atoms with Gasteiger partial charge in [0.15, 0.2) is 11.9 Å². The molecular formula is C43H58F2N4O9. The normalized spacial score (nSPS) is 37.4. The number of hydrogen-bond donors (Lipinski definition) is 1. The number of aromatic nitrogens is 1. The number of pyridine rings is 1. The second-order valence-corrected chi connectivity index (χ2v) is 17.0. The van der Waals surface area contributed by atoms with Gasteiger partial charge >= 0.3 is 18.0 Å². The SMILES string of the molecule is CC[C@H]1OC(=O)C(F)(F)C(=O)[C@H](C)[C@@H](O[C@@H]2O[C@H](C)C[C@H](N(C)C)[C@H]2O)[C@@](C)(OC/C=C/c2cnc3ccccc3c2)C[C@@H](C)C2=NCCN3C(=O)O[C@@]1(C)[C@H]3[C@H]2C. The van der Waals surface area contributed by atoms with E-state index >= 15 is 8.78 Å². The molecule has 1 aromatic carbocycles. The molecular weight excluding hydrogens is 754 g/mol. The van der Waals surface area contributed by atoms with Gasteiger partial charge in [-0.3, -0.25) is 19.7 Å². The van der Waals surface area contributed by atoms with Crippen molar-refractivity contribution in [1.29, 1.82) is 0 Å². The number of aliphatic hydroxyl groups excluding tert-OH is 1. The largest absolute Gasteiger partial charge is 0.453 e. The lowest BCUT2D eigenvalue weighted by molar-refractivity contribution is -0.297. The zero-order valence-electron chi connectivity index (χ0n) is 34.9. The zero-order valence-corrected chi connectivity index (χ0v) is 34.9. The monoisotopic (exact) mass is 812 g/mol. The molecule has 0 aliphatic carbocycles. The van der Waals surface area contributed by atoms with Crippen LogP contribution in [-0.2, 0) is 33.3 Å². The summed E-state index contributed by atoms with van der Waals surface area (Å²) < 4.78 is 63.6. The first-order valence-electron chi connectivity index (χ1n) is 20.3. The predicted molar refractivity (Wildman–Crippen MR) is 212 cm³/mol. The summed E-state index contributed by atoms with van der Waals surface area (Å²) in [6, 6.07) is 8.53. The van der Waals surface area contributed by atoms with Gasteiger partial charge in [-0.05, 0) is 77.7 Å². The number of para-hydroxylation sites is 1. The summed E-state index contributed by atoms with van der Waals surface area (Å²) in [5, 5.41) is 12.5. The first-order chi connectivity index (χ1) is 27.3. The topological polar surface area (TPSA) is 149 Å². The summed E-state index contributed by atoms with van der Waals surface area (Å²) in [4.78, 5) is 54.0. The smallest absolute Gasteiger partial charge is 0.410 e. The summed E-state index contributed by atoms with van der Waals surface area (Å²) in [6.45, 7) is 12.2. The second-order valence-electron chi connectivity index (χ2n) is 17.0. The molecule has 4 aliphatic heterocycles. The van der Waals surface area contributed by atoms with Crippen LogP contribution in [0.1, 0.15) is 73.3 Å². The molecule has 5 heterocycles. The van der Waals surface area contributed by atoms with Gasteiger partial charge in [0, 0.05) is 35.8 Å². The Balaban J connectivity index is 1.44. The van der Waals surface area contributed by atoms with Crippen LogP contribution in [0.15, 0.2) is 47.6 Å². The molecule has 0 unspecified atom stereocenters. The third-order valence-corrected chi connectivity index (χ3v) is 12.5. The number of carbonyl (C=O) groups excluding carboxylic acids is 3. The fourth-order valence-corrected chi connectivity index (χ4v) is 9.67. The van der Waals surface area contributed by atoms with E-state index in [0.717, 1.165) is 22.2 Å². The fraction of sp³-hybridized carbons (Fsp3) is 0.651. The number of halogens is 2. The van der Waals surface area contributed by atoms with E-state index in [1.54, 1.807) is 33.0 Å². The standard InChI is InChI=1S/C43H58F2N4O9/c1-10-32-42(7)35-26(4)33(46-17-18-49(35)40(53)58-42)24(2)22-41(6,54-19-13-14-28-21-29-15-11-12-16-30(29)47-23-28)37(27(5)36(51)43(44,45)39(52)56-32)57-38-34(50)31(48(8)9)20-25(3)55-38/h11-16,21,23-27,31-32,34-35,37-38,50H,10,17-20,22H2,1-9H3/b14-13+/t24-,25-,26+,27+,31+,32-,34-,35-,37-,38+,41+,42-/m1/s1. The molecule has 12 atom stereocenters. The van der Waals surface area contributed by atoms with Crippen LogP contribution in [0.2, 0.25) is 0 Å². The highest BCUT2D eigenvalue weighted by Gasteiger charge is 2.63. The number of ketones is 1. The van der Waals surface area contributed by atoms with Gasteiger partial charge in [-0.15, -0.1) is 0 Å². The third kappa shape index (κ3) is 8.29. The Morgan fingerprint density at radius 2 is 1.81 bits per heavy atom. The molecule has 13 nitrogen and oxygen atoms in total. The van der Waals surface area contributed by atoms with Crippen LogP contribution < -0.4 is 0 Å². The number of rotatable bonds is 8. The van der Waals surface area contributed by atoms with Crippen LogP contribution in [0, 0.1) is 17.8 Å². The summed E-state index contributed by atoms with van der Waals surface area (Å²) in [5.41, 5.74) is -0.721. The van der Waals surface area contributed by atoms with E-state index in [1.165, 1.54) is 11.8 Å². The molecule has 0 radical (unpaired) electrons. The number of benzene rings is 1. The Labute approximate surface area is 339 Å². The van der Waals surface area contributed by atoms with Gasteiger partial charge in [0.25, 0.3) is 0 Å². The van der Waals surface area contributed by atoms with E-state index < -0.39 is 95.5 Å². The lowest BCUT2D eigenvalue weighted by atomic mass is 9.73. The van der Waals surface area contributed by atoms with Gasteiger partial charge in [0.05, 0.1) is 48.4 Å². The van der Waals surface area contributed by atoms with Crippen molar-refractivity contribution in [2.24, 2.45) is 22.7 Å². The molecule has 4 aliphatic rings. The Morgan fingerprint density at radius 1 is 1.09 bits per heavy atom. The van der Waals surface area contributed by atoms with Gasteiger partial charge < -0.3 is 33.7 Å². The molecule has 15 heteroatoms. The van der Waals surface area contributed by atoms with Crippen LogP contribution in [0.5, 0.6) is 0 Å². The lowest BCUT2D eigenvalue weighted by Gasteiger charge is -2.47. The van der Waals surface area contributed by atoms with Gasteiger partial charge in [0.1, 0.15) is 12.2 Å². The molecule has 318 valence electrons. The number of Topliss-reactive ketones (excluding diaryl/α,β-unsaturated/α-hetero) is 1. The van der Waals surface area contributed by atoms with Crippen molar-refractivity contribution < 1.29 is 52.0 Å². The van der Waals surface area contributed by atoms with Crippen molar-refractivity contribution >= 4 is 40.5 Å².